The van der Waals surface area contributed by atoms with Crippen LogP contribution in [-0.4, -0.2) is 291 Å². The van der Waals surface area contributed by atoms with Crippen molar-refractivity contribution in [3.63, 3.8) is 0 Å². The van der Waals surface area contributed by atoms with E-state index in [1.165, 1.54) is 24.3 Å². The molecule has 0 radical (unpaired) electrons. The second-order valence-electron chi connectivity index (χ2n) is 32.6. The van der Waals surface area contributed by atoms with E-state index in [-0.39, 0.29) is 120 Å². The molecular formula is C82H128N28O25. The average molecular weight is 1910 g/mol. The summed E-state index contributed by atoms with van der Waals surface area (Å²) in [7, 11) is 0. The molecule has 14 atom stereocenters. The monoisotopic (exact) mass is 1900 g/mol. The van der Waals surface area contributed by atoms with E-state index in [0.717, 1.165) is 11.8 Å². The molecule has 0 aliphatic carbocycles. The summed E-state index contributed by atoms with van der Waals surface area (Å²) in [6.45, 7) is 5.90. The molecule has 38 N–H and O–H groups in total. The third-order valence-corrected chi connectivity index (χ3v) is 20.2. The number of aliphatic carboxylic acids is 3. The third kappa shape index (κ3) is 45.0. The fraction of sp³-hybridized carbons (Fsp3) is 0.561. The molecule has 135 heavy (non-hydrogen) atoms. The molecule has 1 saturated heterocycles. The van der Waals surface area contributed by atoms with E-state index in [9.17, 15) is 121 Å². The lowest BCUT2D eigenvalue weighted by Crippen LogP contribution is -2.61. The molecule has 3 rings (SSSR count). The summed E-state index contributed by atoms with van der Waals surface area (Å²) in [5.41, 5.74) is 56.6. The highest BCUT2D eigenvalue weighted by molar-refractivity contribution is 6.02. The number of primary amides is 3. The van der Waals surface area contributed by atoms with Crippen LogP contribution in [0.2, 0.25) is 0 Å². The van der Waals surface area contributed by atoms with Crippen LogP contribution >= 0.6 is 0 Å². The zero-order valence-corrected chi connectivity index (χ0v) is 75.5. The number of phenols is 1. The summed E-state index contributed by atoms with van der Waals surface area (Å²) in [5.74, 6) is -26.1. The number of guanidine groups is 3. The second kappa shape index (κ2) is 58.6. The number of amides is 18. The number of phenolic OH excluding ortho intramolecular Hbond substituents is 1. The normalized spacial score (nSPS) is 14.9. The van der Waals surface area contributed by atoms with Crippen LogP contribution in [0.5, 0.6) is 5.75 Å². The molecule has 0 bridgehead atoms. The smallest absolute Gasteiger partial charge is 0.305 e. The fourth-order valence-electron chi connectivity index (χ4n) is 13.5. The van der Waals surface area contributed by atoms with Gasteiger partial charge in [0.1, 0.15) is 84.3 Å². The Labute approximate surface area is 775 Å². The van der Waals surface area contributed by atoms with Crippen LogP contribution in [0.3, 0.4) is 0 Å². The largest absolute Gasteiger partial charge is 0.508 e. The molecule has 1 fully saturated rings. The first kappa shape index (κ1) is 114. The van der Waals surface area contributed by atoms with Crippen LogP contribution in [0, 0.1) is 11.8 Å². The van der Waals surface area contributed by atoms with Gasteiger partial charge >= 0.3 is 17.9 Å². The average Bonchev–Trinajstić information content (AvgIpc) is 1.69. The maximum atomic E-state index is 14.7. The number of benzene rings is 2. The summed E-state index contributed by atoms with van der Waals surface area (Å²) in [4.78, 5) is 297. The molecule has 18 amide bonds. The number of nitrogens with one attached hydrogen (secondary N) is 14. The van der Waals surface area contributed by atoms with Gasteiger partial charge in [0.2, 0.25) is 106 Å². The second-order valence-corrected chi connectivity index (χ2v) is 32.6. The topological polar surface area (TPSA) is 908 Å². The maximum Gasteiger partial charge on any atom is 0.305 e. The van der Waals surface area contributed by atoms with Gasteiger partial charge in [0.05, 0.1) is 38.4 Å². The van der Waals surface area contributed by atoms with E-state index in [1.54, 1.807) is 58.0 Å². The number of nitrogens with zero attached hydrogens (tertiary/aromatic N) is 4. The quantitative estimate of drug-likeness (QED) is 0.0166. The van der Waals surface area contributed by atoms with Gasteiger partial charge < -0.3 is 157 Å². The highest BCUT2D eigenvalue weighted by atomic mass is 16.4. The van der Waals surface area contributed by atoms with E-state index in [4.69, 9.17) is 57.3 Å². The standard InChI is InChI=1S/C82H128N28O25/c1-40(2)31-52(66(86)122)99-61(114)38-96-68(124)54(33-43-13-7-6-8-14-43)100-62(115)39-97-69(125)55(34-44-19-21-45(111)22-20-44)107-72(128)49(17-11-29-95-82(91)92)103-76(132)56(36-59(84)112)106-67(123)42(5)98-70(126)47(15-9-27-93-80(87)88)101-71(127)48(16-10-28-94-81(89)90)102-73(129)50(23-25-63(116)117)104-74(130)51(24-26-64(118)119)105-77(133)57(37-60(85)113)108-75(131)53(32-41(3)4)109-78(134)58-18-12-30-110(58)79(135)46(83)35-65(120)121/h6-8,13-14,19-22,40-42,46-58,111H,9-12,15-18,23-39,83H2,1-5H3,(H2,84,112)(H2,85,113)(H2,86,122)(H,96,124)(H,97,125)(H,98,126)(H,99,114)(H,100,115)(H,101,127)(H,102,129)(H,103,132)(H,104,130)(H,105,133)(H,106,123)(H,107,128)(H,108,131)(H,109,134)(H,116,117)(H,118,119)(H,120,121)(H4,87,88,93)(H4,89,90,94)(H4,91,92,95)/t42-,46-,47-,48-,49-,50-,51-,52-,53-,54-,55-,56-,57-,58-/m0/s1. The predicted octanol–water partition coefficient (Wildman–Crippen LogP) is -10.7. The van der Waals surface area contributed by atoms with Crippen LogP contribution in [0.25, 0.3) is 0 Å². The zero-order valence-electron chi connectivity index (χ0n) is 75.5. The first-order valence-corrected chi connectivity index (χ1v) is 43.2. The molecule has 1 aliphatic heterocycles. The Morgan fingerprint density at radius 3 is 1.12 bits per heavy atom. The van der Waals surface area contributed by atoms with Crippen LogP contribution in [0.4, 0.5) is 0 Å². The van der Waals surface area contributed by atoms with Gasteiger partial charge in [-0.15, -0.1) is 0 Å². The van der Waals surface area contributed by atoms with Crippen molar-refractivity contribution in [2.45, 2.75) is 241 Å². The Balaban J connectivity index is 2.00. The van der Waals surface area contributed by atoms with Gasteiger partial charge in [0.25, 0.3) is 0 Å². The van der Waals surface area contributed by atoms with Crippen molar-refractivity contribution >= 4 is 142 Å². The van der Waals surface area contributed by atoms with Crippen molar-refractivity contribution in [3.8, 4) is 5.75 Å². The molecule has 0 spiro atoms. The van der Waals surface area contributed by atoms with Gasteiger partial charge in [0.15, 0.2) is 17.9 Å². The number of hydrogen-bond donors (Lipinski definition) is 28. The summed E-state index contributed by atoms with van der Waals surface area (Å²) in [5, 5.41) is 72.5. The molecular weight excluding hydrogens is 1780 g/mol. The first-order chi connectivity index (χ1) is 63.4. The Morgan fingerprint density at radius 1 is 0.385 bits per heavy atom. The molecule has 0 unspecified atom stereocenters. The summed E-state index contributed by atoms with van der Waals surface area (Å²) in [6.07, 6.45) is -7.82. The van der Waals surface area contributed by atoms with Crippen molar-refractivity contribution < 1.29 is 121 Å². The van der Waals surface area contributed by atoms with Gasteiger partial charge in [-0.05, 0) is 119 Å². The minimum atomic E-state index is -2.02. The van der Waals surface area contributed by atoms with E-state index in [1.807, 2.05) is 0 Å². The zero-order chi connectivity index (χ0) is 101. The van der Waals surface area contributed by atoms with Gasteiger partial charge in [-0.3, -0.25) is 116 Å². The Morgan fingerprint density at radius 2 is 0.733 bits per heavy atom. The number of nitrogens with two attached hydrogens (primary N) is 10. The number of hydrogen-bond acceptors (Lipinski definition) is 26. The van der Waals surface area contributed by atoms with Gasteiger partial charge in [-0.2, -0.15) is 0 Å². The molecule has 53 nitrogen and oxygen atoms in total. The Kier molecular flexibility index (Phi) is 49.5. The number of carboxylic acid groups (broad SMARTS) is 3. The van der Waals surface area contributed by atoms with Crippen LogP contribution in [-0.2, 0) is 114 Å². The lowest BCUT2D eigenvalue weighted by Gasteiger charge is -2.29. The van der Waals surface area contributed by atoms with E-state index in [0.29, 0.717) is 11.1 Å². The Hall–Kier alpha value is -15.1. The Bertz CT molecular complexity index is 4570. The number of rotatable bonds is 62. The molecule has 1 heterocycles. The first-order valence-electron chi connectivity index (χ1n) is 43.2. The number of carboxylic acids is 3. The highest BCUT2D eigenvalue weighted by Crippen LogP contribution is 2.21. The van der Waals surface area contributed by atoms with Crippen molar-refractivity contribution in [1.29, 1.82) is 0 Å². The molecule has 746 valence electrons. The summed E-state index contributed by atoms with van der Waals surface area (Å²) >= 11 is 0. The molecule has 0 saturated carbocycles. The van der Waals surface area contributed by atoms with Crippen molar-refractivity contribution in [2.24, 2.45) is 84.1 Å². The van der Waals surface area contributed by atoms with E-state index in [2.05, 4.69) is 89.4 Å². The predicted molar refractivity (Wildman–Crippen MR) is 481 cm³/mol. The molecule has 2 aromatic rings. The summed E-state index contributed by atoms with van der Waals surface area (Å²) < 4.78 is 0. The number of aliphatic imine (C=N–C) groups is 3. The molecule has 53 heteroatoms. The molecule has 0 aromatic heterocycles. The van der Waals surface area contributed by atoms with E-state index >= 15 is 0 Å². The fourth-order valence-corrected chi connectivity index (χ4v) is 13.5. The van der Waals surface area contributed by atoms with Gasteiger partial charge in [0, 0.05) is 51.9 Å². The minimum absolute atomic E-state index is 0.00254. The van der Waals surface area contributed by atoms with Crippen molar-refractivity contribution in [2.75, 3.05) is 39.3 Å². The van der Waals surface area contributed by atoms with Gasteiger partial charge in [-0.1, -0.05) is 70.2 Å². The van der Waals surface area contributed by atoms with Crippen LogP contribution in [0.1, 0.15) is 155 Å². The SMILES string of the molecule is CC(C)C[C@H](NC(=O)CNC(=O)[C@H](Cc1ccccc1)NC(=O)CNC(=O)[C@H](Cc1ccc(O)cc1)NC(=O)[C@H](CCCN=C(N)N)NC(=O)[C@H](CC(N)=O)NC(=O)[C@H](C)NC(=O)[C@H](CCCN=C(N)N)NC(=O)[C@H](CCCN=C(N)N)NC(=O)[C@H](CCC(=O)O)NC(=O)[C@H](CCC(=O)O)NC(=O)[C@H](CC(N)=O)NC(=O)[C@H](CC(C)C)NC(=O)[C@@H]1CCCN1C(=O)[C@@H](N)CC(=O)O)C(N)=O. The lowest BCUT2D eigenvalue weighted by molar-refractivity contribution is -0.144. The van der Waals surface area contributed by atoms with Crippen molar-refractivity contribution in [1.82, 2.24) is 79.3 Å². The number of aromatic hydroxyl groups is 1. The maximum absolute atomic E-state index is 14.7. The lowest BCUT2D eigenvalue weighted by atomic mass is 10.0. The van der Waals surface area contributed by atoms with Crippen LogP contribution < -0.4 is 132 Å². The summed E-state index contributed by atoms with van der Waals surface area (Å²) in [6, 6.07) is -9.73. The minimum Gasteiger partial charge on any atom is -0.508 e. The highest BCUT2D eigenvalue weighted by Gasteiger charge is 2.41. The van der Waals surface area contributed by atoms with Gasteiger partial charge in [-0.25, -0.2) is 0 Å². The van der Waals surface area contributed by atoms with Crippen molar-refractivity contribution in [3.05, 3.63) is 65.7 Å². The third-order valence-electron chi connectivity index (χ3n) is 20.2. The number of carbonyl (C=O) groups is 21. The van der Waals surface area contributed by atoms with E-state index < -0.39 is 285 Å². The van der Waals surface area contributed by atoms with Crippen LogP contribution in [0.15, 0.2) is 69.6 Å². The number of carbonyl (C=O) groups excluding carboxylic acids is 18. The molecule has 1 aliphatic rings. The molecule has 2 aromatic carbocycles. The number of likely N-dealkylation sites (tertiary alicyclic amines) is 1.